The first kappa shape index (κ1) is 26.6. The molecule has 2 aromatic carbocycles. The molecule has 4 aromatic rings. The van der Waals surface area contributed by atoms with Gasteiger partial charge in [0.2, 0.25) is 0 Å². The maximum Gasteiger partial charge on any atom is 0.490 e. The molecule has 9 nitrogen and oxygen atoms in total. The highest BCUT2D eigenvalue weighted by Gasteiger charge is 2.38. The summed E-state index contributed by atoms with van der Waals surface area (Å²) in [6, 6.07) is 13.5. The van der Waals surface area contributed by atoms with Crippen molar-refractivity contribution >= 4 is 39.6 Å². The third-order valence-corrected chi connectivity index (χ3v) is 6.62. The number of nitrogens with zero attached hydrogens (tertiary/aromatic N) is 3. The lowest BCUT2D eigenvalue weighted by molar-refractivity contribution is -0.192. The van der Waals surface area contributed by atoms with Gasteiger partial charge in [0.15, 0.2) is 0 Å². The number of likely N-dealkylation sites (tertiary alicyclic amines) is 1. The van der Waals surface area contributed by atoms with Crippen LogP contribution >= 0.6 is 11.6 Å². The van der Waals surface area contributed by atoms with Crippen LogP contribution in [0.4, 0.5) is 13.2 Å². The molecule has 0 amide bonds. The minimum Gasteiger partial charge on any atom is -0.475 e. The van der Waals surface area contributed by atoms with Crippen LogP contribution in [0.1, 0.15) is 25.3 Å². The summed E-state index contributed by atoms with van der Waals surface area (Å²) in [4.78, 5) is 41.8. The summed E-state index contributed by atoms with van der Waals surface area (Å²) in [6.07, 6.45) is -2.30. The van der Waals surface area contributed by atoms with E-state index in [1.165, 1.54) is 0 Å². The Balaban J connectivity index is 0.000000405. The average Bonchev–Trinajstić information content (AvgIpc) is 3.34. The van der Waals surface area contributed by atoms with Gasteiger partial charge in [0.1, 0.15) is 0 Å². The molecule has 3 heterocycles. The lowest BCUT2D eigenvalue weighted by atomic mass is 10.0. The summed E-state index contributed by atoms with van der Waals surface area (Å²) < 4.78 is 35.4. The molecule has 0 saturated carbocycles. The van der Waals surface area contributed by atoms with Gasteiger partial charge in [-0.1, -0.05) is 23.7 Å². The fourth-order valence-corrected chi connectivity index (χ4v) is 4.82. The minimum absolute atomic E-state index is 0.0475. The molecule has 0 aliphatic carbocycles. The number of nitrogens with one attached hydrogen (secondary N) is 2. The predicted octanol–water partition coefficient (Wildman–Crippen LogP) is 3.99. The van der Waals surface area contributed by atoms with E-state index in [9.17, 15) is 22.8 Å². The van der Waals surface area contributed by atoms with Crippen LogP contribution in [0.5, 0.6) is 0 Å². The van der Waals surface area contributed by atoms with Gasteiger partial charge in [0.25, 0.3) is 0 Å². The zero-order valence-electron chi connectivity index (χ0n) is 19.6. The van der Waals surface area contributed by atoms with Crippen LogP contribution in [0, 0.1) is 0 Å². The number of alkyl halides is 3. The van der Waals surface area contributed by atoms with Gasteiger partial charge in [-0.2, -0.15) is 13.2 Å². The number of halogens is 4. The number of carboxylic acid groups (broad SMARTS) is 1. The Labute approximate surface area is 213 Å². The van der Waals surface area contributed by atoms with Crippen LogP contribution in [0.25, 0.3) is 22.1 Å². The zero-order valence-corrected chi connectivity index (χ0v) is 20.3. The van der Waals surface area contributed by atoms with Crippen LogP contribution in [0.3, 0.4) is 0 Å². The SMILES string of the molecule is O=C(O)C(F)(F)F.O=c1[nH]c2ccccc2n1CCCN1CCC(n2c(=O)[nH]c3cc(Cl)ccc32)CC1. The number of fused-ring (bicyclic) bond motifs is 2. The molecule has 1 fully saturated rings. The number of para-hydroxylation sites is 2. The lowest BCUT2D eigenvalue weighted by Gasteiger charge is -2.32. The molecule has 0 spiro atoms. The maximum absolute atomic E-state index is 12.5. The smallest absolute Gasteiger partial charge is 0.475 e. The number of aryl methyl sites for hydroxylation is 1. The Bertz CT molecular complexity index is 1510. The van der Waals surface area contributed by atoms with Crippen molar-refractivity contribution in [2.45, 2.75) is 38.0 Å². The lowest BCUT2D eigenvalue weighted by Crippen LogP contribution is -2.37. The van der Waals surface area contributed by atoms with Gasteiger partial charge in [-0.25, -0.2) is 14.4 Å². The summed E-state index contributed by atoms with van der Waals surface area (Å²) in [5, 5.41) is 7.75. The summed E-state index contributed by atoms with van der Waals surface area (Å²) >= 11 is 6.05. The first-order chi connectivity index (χ1) is 17.5. The van der Waals surface area contributed by atoms with Gasteiger partial charge in [-0.3, -0.25) is 9.13 Å². The van der Waals surface area contributed by atoms with Crippen molar-refractivity contribution in [2.75, 3.05) is 19.6 Å². The van der Waals surface area contributed by atoms with Crippen LogP contribution in [0.2, 0.25) is 5.02 Å². The van der Waals surface area contributed by atoms with Crippen molar-refractivity contribution < 1.29 is 23.1 Å². The van der Waals surface area contributed by atoms with Gasteiger partial charge in [0, 0.05) is 30.7 Å². The van der Waals surface area contributed by atoms with Gasteiger partial charge in [-0.05, 0) is 56.1 Å². The van der Waals surface area contributed by atoms with E-state index in [1.807, 2.05) is 45.5 Å². The molecule has 1 saturated heterocycles. The van der Waals surface area contributed by atoms with Crippen molar-refractivity contribution in [3.8, 4) is 0 Å². The van der Waals surface area contributed by atoms with E-state index in [0.29, 0.717) is 11.6 Å². The Morgan fingerprint density at radius 1 is 0.973 bits per heavy atom. The van der Waals surface area contributed by atoms with E-state index in [4.69, 9.17) is 21.5 Å². The molecular weight excluding hydrogens is 515 g/mol. The number of aliphatic carboxylic acids is 1. The quantitative estimate of drug-likeness (QED) is 0.355. The molecule has 0 radical (unpaired) electrons. The van der Waals surface area contributed by atoms with Gasteiger partial charge in [0.05, 0.1) is 22.1 Å². The van der Waals surface area contributed by atoms with Crippen molar-refractivity contribution in [3.05, 3.63) is 68.5 Å². The number of piperidine rings is 1. The number of hydrogen-bond donors (Lipinski definition) is 3. The molecule has 0 atom stereocenters. The Hall–Kier alpha value is -3.51. The molecule has 3 N–H and O–H groups in total. The third-order valence-electron chi connectivity index (χ3n) is 6.38. The number of imidazole rings is 2. The second-order valence-corrected chi connectivity index (χ2v) is 9.23. The first-order valence-corrected chi connectivity index (χ1v) is 12.0. The first-order valence-electron chi connectivity index (χ1n) is 11.6. The van der Waals surface area contributed by atoms with E-state index < -0.39 is 12.1 Å². The molecule has 5 rings (SSSR count). The monoisotopic (exact) mass is 539 g/mol. The van der Waals surface area contributed by atoms with Crippen LogP contribution in [-0.2, 0) is 11.3 Å². The van der Waals surface area contributed by atoms with Crippen molar-refractivity contribution in [1.29, 1.82) is 0 Å². The fraction of sp³-hybridized carbons (Fsp3) is 0.375. The molecule has 13 heteroatoms. The van der Waals surface area contributed by atoms with Crippen molar-refractivity contribution in [3.63, 3.8) is 0 Å². The molecule has 2 aromatic heterocycles. The average molecular weight is 540 g/mol. The van der Waals surface area contributed by atoms with E-state index >= 15 is 0 Å². The highest BCUT2D eigenvalue weighted by molar-refractivity contribution is 6.31. The molecule has 1 aliphatic heterocycles. The molecule has 0 bridgehead atoms. The molecule has 1 aliphatic rings. The Morgan fingerprint density at radius 2 is 1.62 bits per heavy atom. The van der Waals surface area contributed by atoms with E-state index in [-0.39, 0.29) is 17.4 Å². The molecule has 198 valence electrons. The van der Waals surface area contributed by atoms with Crippen molar-refractivity contribution in [1.82, 2.24) is 24.0 Å². The summed E-state index contributed by atoms with van der Waals surface area (Å²) in [7, 11) is 0. The van der Waals surface area contributed by atoms with Crippen LogP contribution < -0.4 is 11.4 Å². The predicted molar refractivity (Wildman–Crippen MR) is 133 cm³/mol. The number of aromatic amines is 2. The number of carbonyl (C=O) groups is 1. The minimum atomic E-state index is -5.08. The molecule has 0 unspecified atom stereocenters. The van der Waals surface area contributed by atoms with Gasteiger partial charge < -0.3 is 20.0 Å². The fourth-order valence-electron chi connectivity index (χ4n) is 4.65. The van der Waals surface area contributed by atoms with Crippen LogP contribution in [0.15, 0.2) is 52.1 Å². The summed E-state index contributed by atoms with van der Waals surface area (Å²) in [5.74, 6) is -2.76. The summed E-state index contributed by atoms with van der Waals surface area (Å²) in [5.41, 5.74) is 3.44. The van der Waals surface area contributed by atoms with Crippen LogP contribution in [-0.4, -0.2) is 60.9 Å². The number of rotatable bonds is 5. The second kappa shape index (κ2) is 10.9. The van der Waals surface area contributed by atoms with Gasteiger partial charge >= 0.3 is 23.5 Å². The number of hydrogen-bond acceptors (Lipinski definition) is 4. The Morgan fingerprint density at radius 3 is 2.30 bits per heavy atom. The van der Waals surface area contributed by atoms with E-state index in [2.05, 4.69) is 14.9 Å². The topological polar surface area (TPSA) is 116 Å². The molecular formula is C24H25ClF3N5O4. The highest BCUT2D eigenvalue weighted by atomic mass is 35.5. The maximum atomic E-state index is 12.5. The second-order valence-electron chi connectivity index (χ2n) is 8.79. The number of H-pyrrole nitrogens is 2. The summed E-state index contributed by atoms with van der Waals surface area (Å²) in [6.45, 7) is 3.53. The van der Waals surface area contributed by atoms with E-state index in [1.54, 1.807) is 6.07 Å². The number of carboxylic acids is 1. The highest BCUT2D eigenvalue weighted by Crippen LogP contribution is 2.26. The largest absolute Gasteiger partial charge is 0.490 e. The number of aromatic nitrogens is 4. The zero-order chi connectivity index (χ0) is 26.7. The van der Waals surface area contributed by atoms with E-state index in [0.717, 1.165) is 61.0 Å². The Kier molecular flexibility index (Phi) is 7.79. The normalized spacial score (nSPS) is 15.1. The van der Waals surface area contributed by atoms with Gasteiger partial charge in [-0.15, -0.1) is 0 Å². The third kappa shape index (κ3) is 6.08. The number of benzene rings is 2. The standard InChI is InChI=1S/C22H24ClN5O2.C2HF3O2/c23-15-6-7-20-18(14-15)25-22(30)28(20)16-8-12-26(13-9-16)10-3-11-27-19-5-2-1-4-17(19)24-21(27)29;3-2(4,5)1(6)7/h1-2,4-7,14,16H,3,8-13H2,(H,24,29)(H,25,30);(H,6,7). The van der Waals surface area contributed by atoms with Crippen molar-refractivity contribution in [2.24, 2.45) is 0 Å². The molecule has 37 heavy (non-hydrogen) atoms.